The first-order chi connectivity index (χ1) is 4.20. The minimum absolute atomic E-state index is 0.104. The maximum atomic E-state index is 9.83. The molecule has 3 nitrogen and oxygen atoms in total. The van der Waals surface area contributed by atoms with Crippen LogP contribution in [0.4, 0.5) is 0 Å². The van der Waals surface area contributed by atoms with Gasteiger partial charge in [0.25, 0.3) is 0 Å². The monoisotopic (exact) mass is 165 g/mol. The Hall–Kier alpha value is -0.160. The van der Waals surface area contributed by atoms with Crippen molar-refractivity contribution in [2.45, 2.75) is 0 Å². The molecule has 0 aliphatic heterocycles. The van der Waals surface area contributed by atoms with E-state index in [2.05, 4.69) is 24.8 Å². The highest BCUT2D eigenvalue weighted by molar-refractivity contribution is 7.80. The molecule has 0 N–H and O–H groups in total. The van der Waals surface area contributed by atoms with Gasteiger partial charge in [-0.05, 0) is 5.37 Å². The van der Waals surface area contributed by atoms with E-state index in [9.17, 15) is 10.1 Å². The first-order valence-electron chi connectivity index (χ1n) is 2.38. The second kappa shape index (κ2) is 4.69. The lowest BCUT2D eigenvalue weighted by Gasteiger charge is -1.98. The Labute approximate surface area is 64.0 Å². The van der Waals surface area contributed by atoms with Crippen molar-refractivity contribution in [3.8, 4) is 0 Å². The third-order valence-corrected chi connectivity index (χ3v) is 1.66. The molecule has 0 rings (SSSR count). The highest BCUT2D eigenvalue weighted by atomic mass is 32.1. The molecule has 0 saturated heterocycles. The summed E-state index contributed by atoms with van der Waals surface area (Å²) in [4.78, 5) is 9.45. The van der Waals surface area contributed by atoms with Crippen LogP contribution in [-0.2, 0) is 0 Å². The number of thiol groups is 1. The van der Waals surface area contributed by atoms with Gasteiger partial charge in [0.2, 0.25) is 6.54 Å². The van der Waals surface area contributed by atoms with E-state index in [4.69, 9.17) is 0 Å². The molecule has 0 aliphatic rings. The SMILES string of the molecule is O=[N+]([O-])CC(C=S)CS. The van der Waals surface area contributed by atoms with Crippen LogP contribution < -0.4 is 0 Å². The first-order valence-corrected chi connectivity index (χ1v) is 3.49. The van der Waals surface area contributed by atoms with Gasteiger partial charge >= 0.3 is 0 Å². The van der Waals surface area contributed by atoms with Crippen molar-refractivity contribution in [3.05, 3.63) is 10.1 Å². The molecule has 0 aromatic heterocycles. The zero-order chi connectivity index (χ0) is 7.28. The van der Waals surface area contributed by atoms with Crippen LogP contribution in [0.15, 0.2) is 0 Å². The minimum atomic E-state index is -0.385. The van der Waals surface area contributed by atoms with Crippen molar-refractivity contribution in [2.24, 2.45) is 5.92 Å². The first kappa shape index (κ1) is 8.84. The number of rotatable bonds is 4. The molecular formula is C4H7NO2S2. The van der Waals surface area contributed by atoms with Crippen LogP contribution in [0.25, 0.3) is 0 Å². The molecule has 0 spiro atoms. The van der Waals surface area contributed by atoms with E-state index in [0.29, 0.717) is 5.75 Å². The number of thiocarbonyl (C=S) groups is 1. The summed E-state index contributed by atoms with van der Waals surface area (Å²) in [6.45, 7) is -0.104. The molecule has 52 valence electrons. The topological polar surface area (TPSA) is 43.1 Å². The Morgan fingerprint density at radius 3 is 2.56 bits per heavy atom. The van der Waals surface area contributed by atoms with Crippen molar-refractivity contribution in [1.82, 2.24) is 0 Å². The molecule has 5 heteroatoms. The van der Waals surface area contributed by atoms with Gasteiger partial charge in [0.15, 0.2) is 0 Å². The Morgan fingerprint density at radius 2 is 2.44 bits per heavy atom. The highest BCUT2D eigenvalue weighted by Crippen LogP contribution is 1.95. The van der Waals surface area contributed by atoms with Gasteiger partial charge in [-0.25, -0.2) is 0 Å². The fourth-order valence-corrected chi connectivity index (χ4v) is 0.881. The van der Waals surface area contributed by atoms with Gasteiger partial charge < -0.3 is 0 Å². The van der Waals surface area contributed by atoms with Crippen molar-refractivity contribution >= 4 is 30.2 Å². The fourth-order valence-electron chi connectivity index (χ4n) is 0.335. The van der Waals surface area contributed by atoms with Crippen molar-refractivity contribution < 1.29 is 4.92 Å². The number of nitrogens with zero attached hydrogens (tertiary/aromatic N) is 1. The molecule has 0 aromatic carbocycles. The summed E-state index contributed by atoms with van der Waals surface area (Å²) >= 11 is 8.38. The minimum Gasteiger partial charge on any atom is -0.265 e. The van der Waals surface area contributed by atoms with Gasteiger partial charge in [0.1, 0.15) is 0 Å². The summed E-state index contributed by atoms with van der Waals surface area (Å²) in [6.07, 6.45) is 0. The van der Waals surface area contributed by atoms with Crippen LogP contribution in [0.3, 0.4) is 0 Å². The number of hydrogen-bond donors (Lipinski definition) is 1. The lowest BCUT2D eigenvalue weighted by molar-refractivity contribution is -0.483. The number of nitro groups is 1. The molecule has 0 fully saturated rings. The standard InChI is InChI=1S/C4H7NO2S2/c6-5(7)1-4(2-8)3-9/h2,4,9H,1,3H2. The van der Waals surface area contributed by atoms with Crippen LogP contribution in [0.1, 0.15) is 0 Å². The molecule has 1 unspecified atom stereocenters. The van der Waals surface area contributed by atoms with E-state index in [1.165, 1.54) is 5.37 Å². The van der Waals surface area contributed by atoms with Crippen LogP contribution >= 0.6 is 24.8 Å². The Morgan fingerprint density at radius 1 is 1.89 bits per heavy atom. The van der Waals surface area contributed by atoms with Crippen LogP contribution in [-0.4, -0.2) is 22.6 Å². The van der Waals surface area contributed by atoms with E-state index in [1.54, 1.807) is 0 Å². The van der Waals surface area contributed by atoms with E-state index >= 15 is 0 Å². The lowest BCUT2D eigenvalue weighted by atomic mass is 10.2. The molecule has 0 bridgehead atoms. The smallest absolute Gasteiger partial charge is 0.211 e. The number of hydrogen-bond acceptors (Lipinski definition) is 4. The summed E-state index contributed by atoms with van der Waals surface area (Å²) in [6, 6.07) is 0. The second-order valence-electron chi connectivity index (χ2n) is 1.59. The van der Waals surface area contributed by atoms with E-state index in [0.717, 1.165) is 0 Å². The fraction of sp³-hybridized carbons (Fsp3) is 0.750. The van der Waals surface area contributed by atoms with Gasteiger partial charge in [-0.15, -0.1) is 0 Å². The Bertz CT molecular complexity index is 117. The molecule has 0 saturated carbocycles. The Kier molecular flexibility index (Phi) is 4.61. The summed E-state index contributed by atoms with van der Waals surface area (Å²) in [5.41, 5.74) is 0. The van der Waals surface area contributed by atoms with Gasteiger partial charge in [-0.3, -0.25) is 10.1 Å². The third-order valence-electron chi connectivity index (χ3n) is 0.811. The van der Waals surface area contributed by atoms with Crippen LogP contribution in [0, 0.1) is 16.0 Å². The average molecular weight is 165 g/mol. The predicted molar refractivity (Wildman–Crippen MR) is 42.9 cm³/mol. The van der Waals surface area contributed by atoms with Crippen molar-refractivity contribution in [1.29, 1.82) is 0 Å². The second-order valence-corrected chi connectivity index (χ2v) is 2.23. The molecule has 0 amide bonds. The largest absolute Gasteiger partial charge is 0.265 e. The average Bonchev–Trinajstić information content (AvgIpc) is 1.82. The van der Waals surface area contributed by atoms with Gasteiger partial charge in [-0.1, -0.05) is 12.2 Å². The van der Waals surface area contributed by atoms with E-state index < -0.39 is 0 Å². The highest BCUT2D eigenvalue weighted by Gasteiger charge is 2.08. The molecule has 0 heterocycles. The zero-order valence-electron chi connectivity index (χ0n) is 4.69. The van der Waals surface area contributed by atoms with E-state index in [-0.39, 0.29) is 17.4 Å². The zero-order valence-corrected chi connectivity index (χ0v) is 6.40. The van der Waals surface area contributed by atoms with Gasteiger partial charge in [0, 0.05) is 10.7 Å². The summed E-state index contributed by atoms with van der Waals surface area (Å²) in [5.74, 6) is 0.281. The molecular weight excluding hydrogens is 158 g/mol. The maximum Gasteiger partial charge on any atom is 0.211 e. The van der Waals surface area contributed by atoms with Crippen molar-refractivity contribution in [2.75, 3.05) is 12.3 Å². The maximum absolute atomic E-state index is 9.83. The van der Waals surface area contributed by atoms with Crippen LogP contribution in [0.5, 0.6) is 0 Å². The summed E-state index contributed by atoms with van der Waals surface area (Å²) < 4.78 is 0. The third kappa shape index (κ3) is 4.35. The molecule has 0 radical (unpaired) electrons. The summed E-state index contributed by atoms with van der Waals surface area (Å²) in [5, 5.41) is 11.2. The van der Waals surface area contributed by atoms with Crippen molar-refractivity contribution in [3.63, 3.8) is 0 Å². The quantitative estimate of drug-likeness (QED) is 0.290. The molecule has 1 atom stereocenters. The van der Waals surface area contributed by atoms with E-state index in [1.807, 2.05) is 0 Å². The normalized spacial score (nSPS) is 12.6. The lowest BCUT2D eigenvalue weighted by Crippen LogP contribution is -2.15. The van der Waals surface area contributed by atoms with Gasteiger partial charge in [0.05, 0.1) is 5.92 Å². The molecule has 9 heavy (non-hydrogen) atoms. The predicted octanol–water partition coefficient (Wildman–Crippen LogP) is 0.809. The van der Waals surface area contributed by atoms with Gasteiger partial charge in [-0.2, -0.15) is 12.6 Å². The molecule has 0 aromatic rings. The Balaban J connectivity index is 3.55. The van der Waals surface area contributed by atoms with Crippen LogP contribution in [0.2, 0.25) is 0 Å². The summed E-state index contributed by atoms with van der Waals surface area (Å²) in [7, 11) is 0. The molecule has 0 aliphatic carbocycles.